The van der Waals surface area contributed by atoms with E-state index in [1.54, 1.807) is 0 Å². The van der Waals surface area contributed by atoms with Crippen molar-refractivity contribution in [3.63, 3.8) is 0 Å². The molecule has 1 aromatic rings. The van der Waals surface area contributed by atoms with Gasteiger partial charge in [-0.1, -0.05) is 30.3 Å². The lowest BCUT2D eigenvalue weighted by Crippen LogP contribution is -3.00. The van der Waals surface area contributed by atoms with Gasteiger partial charge in [-0.15, -0.1) is 0 Å². The smallest absolute Gasteiger partial charge is 0.187 e. The van der Waals surface area contributed by atoms with Crippen molar-refractivity contribution in [3.05, 3.63) is 35.9 Å². The van der Waals surface area contributed by atoms with Crippen molar-refractivity contribution in [1.82, 2.24) is 0 Å². The standard InChI is InChI=1S/C14H18NO.ClH/c16-14-8-13-6-7-15(10-13,11-14)9-12-4-2-1-3-5-12;/h1-5,13H,6-11H2;1H/q+1;/p-1. The minimum atomic E-state index is 0. The summed E-state index contributed by atoms with van der Waals surface area (Å²) in [6.07, 6.45) is 2.09. The van der Waals surface area contributed by atoms with Gasteiger partial charge in [-0.05, 0) is 0 Å². The number of Topliss-reactive ketones (excluding diaryl/α,β-unsaturated/α-hetero) is 1. The van der Waals surface area contributed by atoms with Crippen LogP contribution in [0.4, 0.5) is 0 Å². The number of benzene rings is 1. The Balaban J connectivity index is 0.00000108. The SMILES string of the molecule is O=C1CC2CC[N+](Cc3ccccc3)(C1)C2.[Cl-]. The van der Waals surface area contributed by atoms with Gasteiger partial charge < -0.3 is 16.9 Å². The van der Waals surface area contributed by atoms with E-state index in [-0.39, 0.29) is 12.4 Å². The van der Waals surface area contributed by atoms with Crippen LogP contribution >= 0.6 is 0 Å². The molecule has 0 N–H and O–H groups in total. The molecule has 2 bridgehead atoms. The maximum atomic E-state index is 11.7. The number of nitrogens with zero attached hydrogens (tertiary/aromatic N) is 1. The van der Waals surface area contributed by atoms with Crippen LogP contribution in [-0.2, 0) is 11.3 Å². The first-order valence-electron chi connectivity index (χ1n) is 6.17. The molecule has 2 fully saturated rings. The molecule has 0 radical (unpaired) electrons. The Morgan fingerprint density at radius 3 is 2.76 bits per heavy atom. The largest absolute Gasteiger partial charge is 1.00 e. The zero-order chi connectivity index (χ0) is 11.0. The fraction of sp³-hybridized carbons (Fsp3) is 0.500. The minimum Gasteiger partial charge on any atom is -1.00 e. The number of rotatable bonds is 2. The zero-order valence-electron chi connectivity index (χ0n) is 9.94. The highest BCUT2D eigenvalue weighted by Crippen LogP contribution is 2.33. The predicted octanol–water partition coefficient (Wildman–Crippen LogP) is -1.000. The molecule has 0 aromatic heterocycles. The lowest BCUT2D eigenvalue weighted by atomic mass is 9.98. The maximum Gasteiger partial charge on any atom is 0.187 e. The topological polar surface area (TPSA) is 17.1 Å². The van der Waals surface area contributed by atoms with E-state index in [0.29, 0.717) is 11.7 Å². The van der Waals surface area contributed by atoms with Crippen molar-refractivity contribution < 1.29 is 21.7 Å². The summed E-state index contributed by atoms with van der Waals surface area (Å²) in [4.78, 5) is 11.7. The molecule has 2 saturated heterocycles. The van der Waals surface area contributed by atoms with Crippen LogP contribution in [0.25, 0.3) is 0 Å². The van der Waals surface area contributed by atoms with Crippen LogP contribution in [0.2, 0.25) is 0 Å². The molecular formula is C14H18ClNO. The summed E-state index contributed by atoms with van der Waals surface area (Å²) in [5.74, 6) is 1.15. The Labute approximate surface area is 109 Å². The fourth-order valence-electron chi connectivity index (χ4n) is 3.43. The molecule has 17 heavy (non-hydrogen) atoms. The predicted molar refractivity (Wildman–Crippen MR) is 62.7 cm³/mol. The number of hydrogen-bond acceptors (Lipinski definition) is 1. The van der Waals surface area contributed by atoms with E-state index in [1.165, 1.54) is 25.1 Å². The summed E-state index contributed by atoms with van der Waals surface area (Å²) in [7, 11) is 0. The van der Waals surface area contributed by atoms with E-state index in [1.807, 2.05) is 0 Å². The third kappa shape index (κ3) is 2.53. The van der Waals surface area contributed by atoms with Gasteiger partial charge in [0.05, 0.1) is 13.1 Å². The highest BCUT2D eigenvalue weighted by atomic mass is 35.5. The van der Waals surface area contributed by atoms with Crippen LogP contribution in [0, 0.1) is 5.92 Å². The number of piperidine rings is 1. The Bertz CT molecular complexity index is 406. The number of ketones is 1. The second-order valence-corrected chi connectivity index (χ2v) is 5.45. The molecule has 1 aromatic carbocycles. The molecule has 3 rings (SSSR count). The van der Waals surface area contributed by atoms with Gasteiger partial charge in [-0.3, -0.25) is 4.79 Å². The second kappa shape index (κ2) is 4.79. The van der Waals surface area contributed by atoms with Crippen LogP contribution < -0.4 is 12.4 Å². The molecule has 0 aliphatic carbocycles. The Morgan fingerprint density at radius 2 is 2.00 bits per heavy atom. The molecule has 3 heteroatoms. The maximum absolute atomic E-state index is 11.7. The van der Waals surface area contributed by atoms with Gasteiger partial charge in [-0.25, -0.2) is 0 Å². The van der Waals surface area contributed by atoms with Crippen LogP contribution in [0.5, 0.6) is 0 Å². The Morgan fingerprint density at radius 1 is 1.24 bits per heavy atom. The van der Waals surface area contributed by atoms with Gasteiger partial charge >= 0.3 is 0 Å². The third-order valence-electron chi connectivity index (χ3n) is 4.05. The van der Waals surface area contributed by atoms with Crippen LogP contribution in [0.3, 0.4) is 0 Å². The average molecular weight is 252 g/mol. The summed E-state index contributed by atoms with van der Waals surface area (Å²) in [5.41, 5.74) is 1.37. The highest BCUT2D eigenvalue weighted by molar-refractivity contribution is 5.80. The number of carbonyl (C=O) groups excluding carboxylic acids is 1. The first kappa shape index (κ1) is 12.6. The summed E-state index contributed by atoms with van der Waals surface area (Å²) >= 11 is 0. The molecular weight excluding hydrogens is 234 g/mol. The molecule has 2 atom stereocenters. The van der Waals surface area contributed by atoms with E-state index in [0.717, 1.165) is 24.0 Å². The number of quaternary nitrogens is 1. The molecule has 2 aliphatic heterocycles. The number of halogens is 1. The first-order chi connectivity index (χ1) is 7.76. The van der Waals surface area contributed by atoms with E-state index < -0.39 is 0 Å². The molecule has 2 nitrogen and oxygen atoms in total. The van der Waals surface area contributed by atoms with E-state index in [9.17, 15) is 4.79 Å². The molecule has 0 saturated carbocycles. The van der Waals surface area contributed by atoms with Gasteiger partial charge in [0.15, 0.2) is 5.78 Å². The van der Waals surface area contributed by atoms with Crippen molar-refractivity contribution in [2.75, 3.05) is 19.6 Å². The van der Waals surface area contributed by atoms with Crippen LogP contribution in [-0.4, -0.2) is 29.9 Å². The van der Waals surface area contributed by atoms with Crippen LogP contribution in [0.1, 0.15) is 18.4 Å². The van der Waals surface area contributed by atoms with E-state index in [4.69, 9.17) is 0 Å². The molecule has 92 valence electrons. The zero-order valence-corrected chi connectivity index (χ0v) is 10.7. The average Bonchev–Trinajstić information content (AvgIpc) is 2.55. The molecule has 0 spiro atoms. The van der Waals surface area contributed by atoms with Crippen molar-refractivity contribution in [1.29, 1.82) is 0 Å². The lowest BCUT2D eigenvalue weighted by Gasteiger charge is -2.36. The molecule has 2 unspecified atom stereocenters. The van der Waals surface area contributed by atoms with Gasteiger partial charge in [0.25, 0.3) is 0 Å². The lowest BCUT2D eigenvalue weighted by molar-refractivity contribution is -0.925. The van der Waals surface area contributed by atoms with Gasteiger partial charge in [0, 0.05) is 24.3 Å². The number of carbonyl (C=O) groups is 1. The summed E-state index contributed by atoms with van der Waals surface area (Å²) in [6.45, 7) is 4.24. The minimum absolute atomic E-state index is 0. The Kier molecular flexibility index (Phi) is 3.55. The van der Waals surface area contributed by atoms with Crippen molar-refractivity contribution >= 4 is 5.78 Å². The van der Waals surface area contributed by atoms with Crippen molar-refractivity contribution in [2.24, 2.45) is 5.92 Å². The van der Waals surface area contributed by atoms with Gasteiger partial charge in [0.1, 0.15) is 13.1 Å². The quantitative estimate of drug-likeness (QED) is 0.617. The van der Waals surface area contributed by atoms with Gasteiger partial charge in [0.2, 0.25) is 0 Å². The highest BCUT2D eigenvalue weighted by Gasteiger charge is 2.44. The van der Waals surface area contributed by atoms with Crippen molar-refractivity contribution in [3.8, 4) is 0 Å². The third-order valence-corrected chi connectivity index (χ3v) is 4.05. The Hall–Kier alpha value is -0.860. The summed E-state index contributed by atoms with van der Waals surface area (Å²) in [5, 5.41) is 0. The monoisotopic (exact) mass is 251 g/mol. The fourth-order valence-corrected chi connectivity index (χ4v) is 3.43. The molecule has 0 amide bonds. The summed E-state index contributed by atoms with van der Waals surface area (Å²) < 4.78 is 1.02. The normalized spacial score (nSPS) is 31.1. The molecule has 2 heterocycles. The van der Waals surface area contributed by atoms with Crippen LogP contribution in [0.15, 0.2) is 30.3 Å². The number of hydrogen-bond donors (Lipinski definition) is 0. The first-order valence-corrected chi connectivity index (χ1v) is 6.17. The van der Waals surface area contributed by atoms with Crippen molar-refractivity contribution in [2.45, 2.75) is 19.4 Å². The molecule has 2 aliphatic rings. The summed E-state index contributed by atoms with van der Waals surface area (Å²) in [6, 6.07) is 10.6. The second-order valence-electron chi connectivity index (χ2n) is 5.45. The van der Waals surface area contributed by atoms with E-state index in [2.05, 4.69) is 30.3 Å². The number of fused-ring (bicyclic) bond motifs is 2. The van der Waals surface area contributed by atoms with E-state index >= 15 is 0 Å². The van der Waals surface area contributed by atoms with Gasteiger partial charge in [-0.2, -0.15) is 0 Å².